The third kappa shape index (κ3) is 3.18. The van der Waals surface area contributed by atoms with Gasteiger partial charge in [0.25, 0.3) is 5.70 Å². The van der Waals surface area contributed by atoms with E-state index in [1.165, 1.54) is 13.3 Å². The number of methoxy groups -OCH3 is 1. The van der Waals surface area contributed by atoms with Crippen LogP contribution >= 0.6 is 0 Å². The largest absolute Gasteiger partial charge is 0.623 e. The van der Waals surface area contributed by atoms with Gasteiger partial charge in [0.15, 0.2) is 12.0 Å². The zero-order chi connectivity index (χ0) is 23.8. The SMILES string of the molecule is COc1c(N2C[C@]3(N)CCCNC[C@]3(N)C2)c(F)cc2c1[N+](C)(C1CC1)C=C(C(=O)O)[NH+]2[O-]. The van der Waals surface area contributed by atoms with Crippen molar-refractivity contribution in [1.29, 1.82) is 0 Å². The number of nitrogens with one attached hydrogen (secondary N) is 2. The summed E-state index contributed by atoms with van der Waals surface area (Å²) in [6, 6.07) is 1.25. The van der Waals surface area contributed by atoms with Crippen molar-refractivity contribution in [3.63, 3.8) is 0 Å². The molecule has 3 fully saturated rings. The van der Waals surface area contributed by atoms with Crippen molar-refractivity contribution < 1.29 is 24.1 Å². The van der Waals surface area contributed by atoms with Crippen molar-refractivity contribution >= 4 is 23.0 Å². The molecule has 2 unspecified atom stereocenters. The van der Waals surface area contributed by atoms with Crippen molar-refractivity contribution in [2.24, 2.45) is 11.5 Å². The predicted octanol–water partition coefficient (Wildman–Crippen LogP) is -0.514. The van der Waals surface area contributed by atoms with Crippen LogP contribution in [-0.2, 0) is 4.79 Å². The van der Waals surface area contributed by atoms with Crippen LogP contribution in [0.1, 0.15) is 25.7 Å². The molecule has 0 aromatic heterocycles. The van der Waals surface area contributed by atoms with E-state index >= 15 is 4.39 Å². The normalized spacial score (nSPS) is 36.0. The lowest BCUT2D eigenvalue weighted by Gasteiger charge is -2.39. The van der Waals surface area contributed by atoms with Gasteiger partial charge in [-0.05, 0) is 19.4 Å². The molecule has 0 spiro atoms. The summed E-state index contributed by atoms with van der Waals surface area (Å²) in [6.07, 6.45) is 4.80. The minimum Gasteiger partial charge on any atom is -0.623 e. The van der Waals surface area contributed by atoms with Gasteiger partial charge in [-0.3, -0.25) is 9.55 Å². The maximum atomic E-state index is 15.7. The molecule has 10 nitrogen and oxygen atoms in total. The molecular formula is C22H32FN6O4+. The number of hydrogen-bond donors (Lipinski definition) is 5. The minimum absolute atomic E-state index is 0.0300. The van der Waals surface area contributed by atoms with Gasteiger partial charge in [0.05, 0.1) is 31.3 Å². The number of anilines is 1. The summed E-state index contributed by atoms with van der Waals surface area (Å²) >= 11 is 0. The Balaban J connectivity index is 1.67. The Morgan fingerprint density at radius 3 is 2.73 bits per heavy atom. The van der Waals surface area contributed by atoms with E-state index < -0.39 is 27.9 Å². The van der Waals surface area contributed by atoms with Gasteiger partial charge in [-0.2, -0.15) is 0 Å². The highest BCUT2D eigenvalue weighted by atomic mass is 19.1. The second-order valence-electron chi connectivity index (χ2n) is 10.1. The molecule has 1 aromatic carbocycles. The molecule has 0 bridgehead atoms. The minimum atomic E-state index is -1.32. The second kappa shape index (κ2) is 7.36. The van der Waals surface area contributed by atoms with Crippen LogP contribution in [0.4, 0.5) is 21.5 Å². The van der Waals surface area contributed by atoms with Crippen LogP contribution in [0.5, 0.6) is 5.75 Å². The Morgan fingerprint density at radius 2 is 2.09 bits per heavy atom. The van der Waals surface area contributed by atoms with Crippen LogP contribution in [0.3, 0.4) is 0 Å². The van der Waals surface area contributed by atoms with Crippen molar-refractivity contribution in [1.82, 2.24) is 9.80 Å². The second-order valence-corrected chi connectivity index (χ2v) is 10.1. The lowest BCUT2D eigenvalue weighted by Crippen LogP contribution is -3.02. The van der Waals surface area contributed by atoms with E-state index in [0.717, 1.165) is 31.9 Å². The van der Waals surface area contributed by atoms with Crippen LogP contribution < -0.4 is 36.0 Å². The molecule has 4 atom stereocenters. The molecule has 1 aliphatic carbocycles. The van der Waals surface area contributed by atoms with Crippen LogP contribution in [0, 0.1) is 11.0 Å². The number of nitrogens with two attached hydrogens (primary N) is 2. The summed E-state index contributed by atoms with van der Waals surface area (Å²) in [4.78, 5) is 13.6. The monoisotopic (exact) mass is 463 g/mol. The fourth-order valence-electron chi connectivity index (χ4n) is 5.94. The van der Waals surface area contributed by atoms with Crippen LogP contribution in [0.2, 0.25) is 0 Å². The molecular weight excluding hydrogens is 431 g/mol. The molecule has 180 valence electrons. The molecule has 3 aliphatic heterocycles. The number of carbonyl (C=O) groups is 1. The third-order valence-electron chi connectivity index (χ3n) is 7.96. The van der Waals surface area contributed by atoms with Gasteiger partial charge in [0.2, 0.25) is 17.1 Å². The van der Waals surface area contributed by atoms with Gasteiger partial charge in [-0.1, -0.05) is 0 Å². The van der Waals surface area contributed by atoms with Crippen molar-refractivity contribution in [2.45, 2.75) is 42.8 Å². The van der Waals surface area contributed by atoms with Gasteiger partial charge in [0.1, 0.15) is 5.69 Å². The van der Waals surface area contributed by atoms with E-state index in [4.69, 9.17) is 16.2 Å². The predicted molar refractivity (Wildman–Crippen MR) is 122 cm³/mol. The van der Waals surface area contributed by atoms with Crippen LogP contribution in [0.25, 0.3) is 0 Å². The van der Waals surface area contributed by atoms with Crippen LogP contribution in [-0.4, -0.2) is 68.5 Å². The number of halogens is 1. The highest BCUT2D eigenvalue weighted by Crippen LogP contribution is 2.53. The number of hydroxylamine groups is 1. The van der Waals surface area contributed by atoms with Crippen molar-refractivity contribution in [3.8, 4) is 5.75 Å². The number of fused-ring (bicyclic) bond motifs is 2. The van der Waals surface area contributed by atoms with Gasteiger partial charge >= 0.3 is 5.97 Å². The summed E-state index contributed by atoms with van der Waals surface area (Å²) in [6.45, 7) is 2.05. The third-order valence-corrected chi connectivity index (χ3v) is 7.96. The number of carboxylic acids is 1. The number of aliphatic carboxylic acids is 1. The van der Waals surface area contributed by atoms with E-state index in [-0.39, 0.29) is 33.3 Å². The molecule has 11 heteroatoms. The number of benzene rings is 1. The topological polar surface area (TPSA) is 141 Å². The molecule has 5 rings (SSSR count). The number of carboxylic acid groups (broad SMARTS) is 1. The first-order valence-electron chi connectivity index (χ1n) is 11.4. The average molecular weight is 464 g/mol. The van der Waals surface area contributed by atoms with Gasteiger partial charge in [-0.15, -0.1) is 0 Å². The first kappa shape index (κ1) is 22.5. The maximum Gasteiger partial charge on any atom is 0.396 e. The molecule has 3 heterocycles. The Labute approximate surface area is 191 Å². The quantitative estimate of drug-likeness (QED) is 0.297. The summed E-state index contributed by atoms with van der Waals surface area (Å²) in [5.74, 6) is -1.73. The zero-order valence-corrected chi connectivity index (χ0v) is 19.0. The van der Waals surface area contributed by atoms with E-state index in [9.17, 15) is 15.1 Å². The molecule has 7 N–H and O–H groups in total. The molecule has 33 heavy (non-hydrogen) atoms. The fourth-order valence-corrected chi connectivity index (χ4v) is 5.94. The highest BCUT2D eigenvalue weighted by molar-refractivity contribution is 5.89. The van der Waals surface area contributed by atoms with Crippen molar-refractivity contribution in [3.05, 3.63) is 29.0 Å². The van der Waals surface area contributed by atoms with Gasteiger partial charge < -0.3 is 36.7 Å². The first-order chi connectivity index (χ1) is 15.5. The maximum absolute atomic E-state index is 15.7. The van der Waals surface area contributed by atoms with E-state index in [0.29, 0.717) is 31.7 Å². The molecule has 2 saturated heterocycles. The zero-order valence-electron chi connectivity index (χ0n) is 19.0. The summed E-state index contributed by atoms with van der Waals surface area (Å²) in [5.41, 5.74) is 12.5. The molecule has 4 aliphatic rings. The number of nitrogens with zero attached hydrogens (tertiary/aromatic N) is 2. The molecule has 0 amide bonds. The lowest BCUT2D eigenvalue weighted by atomic mass is 9.79. The standard InChI is InChI=1S/C22H31FN6O4/c1-29(13-4-5-13)9-16(20(30)31)28(32)15-8-14(23)17(19(33-2)18(15)29)27-11-21(24)6-3-7-26-10-22(21,25)12-27/h8-9,13,26,28H,3-7,10-12,24-25H2,1-2H3/p+1/t21-,22+,29?/m1/s1. The number of rotatable bonds is 4. The number of ether oxygens (including phenoxy) is 1. The summed E-state index contributed by atoms with van der Waals surface area (Å²) in [5, 5.41) is 25.3. The average Bonchev–Trinajstić information content (AvgIpc) is 3.58. The number of quaternary nitrogens is 2. The lowest BCUT2D eigenvalue weighted by molar-refractivity contribution is -0.728. The smallest absolute Gasteiger partial charge is 0.396 e. The van der Waals surface area contributed by atoms with E-state index in [1.807, 2.05) is 11.9 Å². The molecule has 1 aromatic rings. The molecule has 1 saturated carbocycles. The Bertz CT molecular complexity index is 1030. The van der Waals surface area contributed by atoms with Gasteiger partial charge in [-0.25, -0.2) is 9.18 Å². The summed E-state index contributed by atoms with van der Waals surface area (Å²) < 4.78 is 21.6. The highest BCUT2D eigenvalue weighted by Gasteiger charge is 2.57. The number of hydrogen-bond acceptors (Lipinski definition) is 7. The van der Waals surface area contributed by atoms with E-state index in [2.05, 4.69) is 5.32 Å². The van der Waals surface area contributed by atoms with Crippen molar-refractivity contribution in [2.75, 3.05) is 45.2 Å². The Morgan fingerprint density at radius 1 is 1.39 bits per heavy atom. The Kier molecular flexibility index (Phi) is 5.02. The molecule has 0 radical (unpaired) electrons. The first-order valence-corrected chi connectivity index (χ1v) is 11.4. The van der Waals surface area contributed by atoms with E-state index in [1.54, 1.807) is 0 Å². The fraction of sp³-hybridized carbons (Fsp3) is 0.591. The van der Waals surface area contributed by atoms with Gasteiger partial charge in [0, 0.05) is 38.5 Å². The van der Waals surface area contributed by atoms with Crippen LogP contribution in [0.15, 0.2) is 18.0 Å². The summed E-state index contributed by atoms with van der Waals surface area (Å²) in [7, 11) is 3.30. The Hall–Kier alpha value is -2.28.